The van der Waals surface area contributed by atoms with Gasteiger partial charge in [0.25, 0.3) is 0 Å². The molecular formula is C14H22ClN3. The first-order valence-corrected chi connectivity index (χ1v) is 6.57. The number of amidine groups is 1. The van der Waals surface area contributed by atoms with Gasteiger partial charge in [0.15, 0.2) is 0 Å². The van der Waals surface area contributed by atoms with Crippen LogP contribution >= 0.6 is 11.6 Å². The van der Waals surface area contributed by atoms with E-state index in [0.717, 1.165) is 12.1 Å². The van der Waals surface area contributed by atoms with Crippen molar-refractivity contribution >= 4 is 23.1 Å². The average Bonchev–Trinajstić information content (AvgIpc) is 2.26. The van der Waals surface area contributed by atoms with Crippen molar-refractivity contribution in [3.05, 3.63) is 28.8 Å². The largest absolute Gasteiger partial charge is 0.384 e. The monoisotopic (exact) mass is 267 g/mol. The number of hydrogen-bond acceptors (Lipinski definition) is 2. The molecule has 100 valence electrons. The first kappa shape index (κ1) is 14.8. The number of nitrogens with two attached hydrogens (primary N) is 1. The van der Waals surface area contributed by atoms with E-state index in [2.05, 4.69) is 25.7 Å². The van der Waals surface area contributed by atoms with Crippen molar-refractivity contribution in [1.29, 1.82) is 5.41 Å². The van der Waals surface area contributed by atoms with Gasteiger partial charge in [-0.3, -0.25) is 5.41 Å². The van der Waals surface area contributed by atoms with E-state index in [1.54, 1.807) is 6.07 Å². The van der Waals surface area contributed by atoms with Gasteiger partial charge in [-0.2, -0.15) is 0 Å². The summed E-state index contributed by atoms with van der Waals surface area (Å²) >= 11 is 5.96. The summed E-state index contributed by atoms with van der Waals surface area (Å²) in [6.45, 7) is 6.59. The summed E-state index contributed by atoms with van der Waals surface area (Å²) in [5, 5.41) is 8.25. The zero-order chi connectivity index (χ0) is 13.9. The van der Waals surface area contributed by atoms with Gasteiger partial charge in [-0.25, -0.2) is 0 Å². The molecular weight excluding hydrogens is 246 g/mol. The van der Waals surface area contributed by atoms with Crippen LogP contribution in [-0.2, 0) is 0 Å². The second kappa shape index (κ2) is 6.10. The maximum atomic E-state index is 7.64. The second-order valence-electron chi connectivity index (χ2n) is 5.16. The highest BCUT2D eigenvalue weighted by atomic mass is 35.5. The molecule has 18 heavy (non-hydrogen) atoms. The van der Waals surface area contributed by atoms with Crippen LogP contribution in [0.15, 0.2) is 18.2 Å². The molecule has 0 bridgehead atoms. The van der Waals surface area contributed by atoms with Crippen molar-refractivity contribution in [2.45, 2.75) is 33.2 Å². The number of benzene rings is 1. The van der Waals surface area contributed by atoms with Crippen LogP contribution in [0.2, 0.25) is 5.02 Å². The first-order chi connectivity index (χ1) is 8.32. The molecule has 1 atom stereocenters. The molecule has 1 unspecified atom stereocenters. The van der Waals surface area contributed by atoms with E-state index < -0.39 is 0 Å². The van der Waals surface area contributed by atoms with Crippen molar-refractivity contribution in [2.75, 3.05) is 11.9 Å². The summed E-state index contributed by atoms with van der Waals surface area (Å²) in [4.78, 5) is 2.16. The van der Waals surface area contributed by atoms with Crippen molar-refractivity contribution < 1.29 is 0 Å². The third-order valence-electron chi connectivity index (χ3n) is 3.10. The fourth-order valence-electron chi connectivity index (χ4n) is 2.11. The molecule has 0 fully saturated rings. The Hall–Kier alpha value is -1.22. The summed E-state index contributed by atoms with van der Waals surface area (Å²) in [6, 6.07) is 5.90. The fraction of sp³-hybridized carbons (Fsp3) is 0.500. The number of hydrogen-bond donors (Lipinski definition) is 2. The van der Waals surface area contributed by atoms with Gasteiger partial charge in [0, 0.05) is 29.4 Å². The Morgan fingerprint density at radius 3 is 2.50 bits per heavy atom. The molecule has 0 radical (unpaired) electrons. The number of anilines is 1. The Morgan fingerprint density at radius 1 is 1.39 bits per heavy atom. The van der Waals surface area contributed by atoms with Gasteiger partial charge in [0.1, 0.15) is 5.84 Å². The van der Waals surface area contributed by atoms with Crippen LogP contribution in [0.4, 0.5) is 5.69 Å². The van der Waals surface area contributed by atoms with Gasteiger partial charge in [-0.05, 0) is 37.5 Å². The molecule has 0 aliphatic rings. The van der Waals surface area contributed by atoms with Gasteiger partial charge < -0.3 is 10.6 Å². The van der Waals surface area contributed by atoms with E-state index in [1.807, 2.05) is 19.2 Å². The smallest absolute Gasteiger partial charge is 0.124 e. The van der Waals surface area contributed by atoms with Gasteiger partial charge in [-0.15, -0.1) is 0 Å². The lowest BCUT2D eigenvalue weighted by Crippen LogP contribution is -2.32. The van der Waals surface area contributed by atoms with E-state index in [9.17, 15) is 0 Å². The van der Waals surface area contributed by atoms with Gasteiger partial charge in [0.05, 0.1) is 0 Å². The minimum atomic E-state index is 0.0519. The van der Waals surface area contributed by atoms with Crippen molar-refractivity contribution in [1.82, 2.24) is 0 Å². The van der Waals surface area contributed by atoms with Crippen LogP contribution in [0, 0.1) is 11.3 Å². The second-order valence-corrected chi connectivity index (χ2v) is 5.60. The van der Waals surface area contributed by atoms with Crippen LogP contribution in [-0.4, -0.2) is 18.9 Å². The highest BCUT2D eigenvalue weighted by molar-refractivity contribution is 6.31. The molecule has 1 aromatic rings. The lowest BCUT2D eigenvalue weighted by atomic mass is 10.0. The summed E-state index contributed by atoms with van der Waals surface area (Å²) in [5.74, 6) is 0.687. The van der Waals surface area contributed by atoms with Gasteiger partial charge in [0.2, 0.25) is 0 Å². The zero-order valence-corrected chi connectivity index (χ0v) is 12.3. The average molecular weight is 268 g/mol. The number of nitrogens with one attached hydrogen (secondary N) is 1. The topological polar surface area (TPSA) is 53.1 Å². The summed E-state index contributed by atoms with van der Waals surface area (Å²) in [6.07, 6.45) is 1.09. The van der Waals surface area contributed by atoms with E-state index in [4.69, 9.17) is 22.7 Å². The highest BCUT2D eigenvalue weighted by Gasteiger charge is 2.16. The van der Waals surface area contributed by atoms with Crippen LogP contribution in [0.1, 0.15) is 32.8 Å². The maximum absolute atomic E-state index is 7.64. The molecule has 4 heteroatoms. The Morgan fingerprint density at radius 2 is 2.00 bits per heavy atom. The normalized spacial score (nSPS) is 12.6. The molecule has 0 amide bonds. The SMILES string of the molecule is CC(C)CC(C)N(C)c1ccc(Cl)cc1C(=N)N. The van der Waals surface area contributed by atoms with Crippen molar-refractivity contribution in [3.8, 4) is 0 Å². The van der Waals surface area contributed by atoms with E-state index in [-0.39, 0.29) is 5.84 Å². The van der Waals surface area contributed by atoms with Crippen LogP contribution in [0.25, 0.3) is 0 Å². The molecule has 0 aliphatic carbocycles. The first-order valence-electron chi connectivity index (χ1n) is 6.19. The number of nitrogens with zero attached hydrogens (tertiary/aromatic N) is 1. The Balaban J connectivity index is 3.04. The molecule has 3 nitrogen and oxygen atoms in total. The van der Waals surface area contributed by atoms with E-state index in [0.29, 0.717) is 22.5 Å². The lowest BCUT2D eigenvalue weighted by Gasteiger charge is -2.30. The van der Waals surface area contributed by atoms with Gasteiger partial charge >= 0.3 is 0 Å². The summed E-state index contributed by atoms with van der Waals surface area (Å²) < 4.78 is 0. The highest BCUT2D eigenvalue weighted by Crippen LogP contribution is 2.26. The molecule has 1 rings (SSSR count). The molecule has 0 spiro atoms. The molecule has 0 aliphatic heterocycles. The number of halogens is 1. The minimum absolute atomic E-state index is 0.0519. The number of rotatable bonds is 5. The van der Waals surface area contributed by atoms with E-state index >= 15 is 0 Å². The molecule has 1 aromatic carbocycles. The number of nitrogen functional groups attached to an aromatic ring is 1. The molecule has 3 N–H and O–H groups in total. The fourth-order valence-corrected chi connectivity index (χ4v) is 2.28. The van der Waals surface area contributed by atoms with Crippen LogP contribution in [0.3, 0.4) is 0 Å². The summed E-state index contributed by atoms with van der Waals surface area (Å²) in [5.41, 5.74) is 7.27. The Kier molecular flexibility index (Phi) is 5.03. The predicted molar refractivity (Wildman–Crippen MR) is 79.8 cm³/mol. The summed E-state index contributed by atoms with van der Waals surface area (Å²) in [7, 11) is 2.03. The standard InChI is InChI=1S/C14H22ClN3/c1-9(2)7-10(3)18(4)13-6-5-11(15)8-12(13)14(16)17/h5-6,8-10H,7H2,1-4H3,(H3,16,17). The molecule has 0 aromatic heterocycles. The van der Waals surface area contributed by atoms with Crippen LogP contribution < -0.4 is 10.6 Å². The predicted octanol–water partition coefficient (Wildman–Crippen LogP) is 3.49. The quantitative estimate of drug-likeness (QED) is 0.634. The molecule has 0 heterocycles. The zero-order valence-electron chi connectivity index (χ0n) is 11.5. The molecule has 0 saturated carbocycles. The Bertz CT molecular complexity index is 429. The maximum Gasteiger partial charge on any atom is 0.124 e. The minimum Gasteiger partial charge on any atom is -0.384 e. The van der Waals surface area contributed by atoms with Gasteiger partial charge in [-0.1, -0.05) is 25.4 Å². The van der Waals surface area contributed by atoms with Crippen molar-refractivity contribution in [3.63, 3.8) is 0 Å². The third kappa shape index (κ3) is 3.64. The Labute approximate surface area is 114 Å². The van der Waals surface area contributed by atoms with Crippen LogP contribution in [0.5, 0.6) is 0 Å². The third-order valence-corrected chi connectivity index (χ3v) is 3.34. The van der Waals surface area contributed by atoms with Crippen molar-refractivity contribution in [2.24, 2.45) is 11.7 Å². The molecule has 0 saturated heterocycles. The van der Waals surface area contributed by atoms with E-state index in [1.165, 1.54) is 0 Å². The lowest BCUT2D eigenvalue weighted by molar-refractivity contribution is 0.504.